The van der Waals surface area contributed by atoms with Crippen molar-refractivity contribution >= 4 is 5.78 Å². The number of ketones is 1. The Bertz CT molecular complexity index is 370. The molecule has 18 heavy (non-hydrogen) atoms. The molecular formula is C17H28O. The summed E-state index contributed by atoms with van der Waals surface area (Å²) in [7, 11) is 0. The lowest BCUT2D eigenvalue weighted by molar-refractivity contribution is -0.130. The standard InChI is InChI=1S/C17H28O/c1-11-5-6-15(18)13(9-11)14-10-12-7-8-17(14,4)16(12,2)3/h11-14H,5-10H2,1-4H3/t11?,12-,13?,14+,17+/m0/s1. The number of fused-ring (bicyclic) bond motifs is 2. The molecule has 0 aromatic carbocycles. The van der Waals surface area contributed by atoms with E-state index in [1.54, 1.807) is 0 Å². The van der Waals surface area contributed by atoms with Gasteiger partial charge in [0.1, 0.15) is 5.78 Å². The largest absolute Gasteiger partial charge is 0.299 e. The molecule has 2 unspecified atom stereocenters. The van der Waals surface area contributed by atoms with Crippen LogP contribution in [-0.2, 0) is 4.79 Å². The molecule has 0 amide bonds. The molecule has 2 bridgehead atoms. The van der Waals surface area contributed by atoms with Crippen molar-refractivity contribution < 1.29 is 4.79 Å². The van der Waals surface area contributed by atoms with Gasteiger partial charge in [0.05, 0.1) is 0 Å². The van der Waals surface area contributed by atoms with Gasteiger partial charge in [-0.25, -0.2) is 0 Å². The minimum Gasteiger partial charge on any atom is -0.299 e. The lowest BCUT2D eigenvalue weighted by Crippen LogP contribution is -2.40. The Labute approximate surface area is 112 Å². The summed E-state index contributed by atoms with van der Waals surface area (Å²) in [6.45, 7) is 9.74. The molecule has 0 saturated heterocycles. The average molecular weight is 248 g/mol. The number of hydrogen-bond acceptors (Lipinski definition) is 1. The minimum atomic E-state index is 0.392. The maximum absolute atomic E-state index is 12.4. The summed E-state index contributed by atoms with van der Waals surface area (Å²) in [5.41, 5.74) is 0.883. The molecule has 0 heterocycles. The molecule has 3 aliphatic carbocycles. The second kappa shape index (κ2) is 3.84. The van der Waals surface area contributed by atoms with Crippen molar-refractivity contribution in [2.24, 2.45) is 34.5 Å². The summed E-state index contributed by atoms with van der Waals surface area (Å²) >= 11 is 0. The van der Waals surface area contributed by atoms with Crippen LogP contribution in [0, 0.1) is 34.5 Å². The highest BCUT2D eigenvalue weighted by Gasteiger charge is 2.63. The monoisotopic (exact) mass is 248 g/mol. The highest BCUT2D eigenvalue weighted by atomic mass is 16.1. The Hall–Kier alpha value is -0.330. The molecule has 3 fully saturated rings. The summed E-state index contributed by atoms with van der Waals surface area (Å²) in [6, 6.07) is 0. The zero-order chi connectivity index (χ0) is 13.1. The van der Waals surface area contributed by atoms with Crippen molar-refractivity contribution in [3.63, 3.8) is 0 Å². The molecule has 5 atom stereocenters. The maximum Gasteiger partial charge on any atom is 0.136 e. The van der Waals surface area contributed by atoms with Gasteiger partial charge >= 0.3 is 0 Å². The zero-order valence-corrected chi connectivity index (χ0v) is 12.5. The molecule has 3 aliphatic rings. The van der Waals surface area contributed by atoms with Crippen LogP contribution in [0.2, 0.25) is 0 Å². The van der Waals surface area contributed by atoms with Crippen molar-refractivity contribution in [3.8, 4) is 0 Å². The van der Waals surface area contributed by atoms with E-state index in [9.17, 15) is 4.79 Å². The van der Waals surface area contributed by atoms with E-state index in [1.165, 1.54) is 25.7 Å². The van der Waals surface area contributed by atoms with E-state index in [-0.39, 0.29) is 0 Å². The van der Waals surface area contributed by atoms with E-state index in [0.29, 0.717) is 28.4 Å². The first kappa shape index (κ1) is 12.7. The van der Waals surface area contributed by atoms with Crippen LogP contribution in [0.4, 0.5) is 0 Å². The first-order valence-electron chi connectivity index (χ1n) is 7.89. The summed E-state index contributed by atoms with van der Waals surface area (Å²) in [5, 5.41) is 0. The van der Waals surface area contributed by atoms with E-state index in [1.807, 2.05) is 0 Å². The summed E-state index contributed by atoms with van der Waals surface area (Å²) in [4.78, 5) is 12.4. The molecule has 0 N–H and O–H groups in total. The molecular weight excluding hydrogens is 220 g/mol. The number of Topliss-reactive ketones (excluding diaryl/α,β-unsaturated/α-hetero) is 1. The Balaban J connectivity index is 1.88. The number of rotatable bonds is 1. The molecule has 102 valence electrons. The minimum absolute atomic E-state index is 0.392. The first-order valence-corrected chi connectivity index (χ1v) is 7.89. The van der Waals surface area contributed by atoms with Crippen molar-refractivity contribution in [1.82, 2.24) is 0 Å². The predicted molar refractivity (Wildman–Crippen MR) is 74.2 cm³/mol. The van der Waals surface area contributed by atoms with Crippen LogP contribution >= 0.6 is 0 Å². The third-order valence-corrected chi connectivity index (χ3v) is 7.30. The first-order chi connectivity index (χ1) is 8.36. The molecule has 0 radical (unpaired) electrons. The van der Waals surface area contributed by atoms with Crippen molar-refractivity contribution in [3.05, 3.63) is 0 Å². The third-order valence-electron chi connectivity index (χ3n) is 7.30. The zero-order valence-electron chi connectivity index (χ0n) is 12.5. The van der Waals surface area contributed by atoms with Crippen LogP contribution in [0.5, 0.6) is 0 Å². The fourth-order valence-electron chi connectivity index (χ4n) is 5.52. The van der Waals surface area contributed by atoms with E-state index in [4.69, 9.17) is 0 Å². The normalized spacial score (nSPS) is 50.8. The van der Waals surface area contributed by atoms with Crippen molar-refractivity contribution in [2.45, 2.75) is 66.2 Å². The van der Waals surface area contributed by atoms with Crippen LogP contribution in [0.15, 0.2) is 0 Å². The van der Waals surface area contributed by atoms with Gasteiger partial charge in [0.25, 0.3) is 0 Å². The van der Waals surface area contributed by atoms with Crippen molar-refractivity contribution in [2.75, 3.05) is 0 Å². The lowest BCUT2D eigenvalue weighted by Gasteiger charge is -2.44. The van der Waals surface area contributed by atoms with Gasteiger partial charge in [-0.2, -0.15) is 0 Å². The lowest BCUT2D eigenvalue weighted by atomic mass is 9.60. The summed E-state index contributed by atoms with van der Waals surface area (Å²) in [6.07, 6.45) is 7.23. The fraction of sp³-hybridized carbons (Fsp3) is 0.941. The summed E-state index contributed by atoms with van der Waals surface area (Å²) < 4.78 is 0. The smallest absolute Gasteiger partial charge is 0.136 e. The van der Waals surface area contributed by atoms with E-state index >= 15 is 0 Å². The van der Waals surface area contributed by atoms with Crippen molar-refractivity contribution in [1.29, 1.82) is 0 Å². The van der Waals surface area contributed by atoms with Gasteiger partial charge in [0.2, 0.25) is 0 Å². The van der Waals surface area contributed by atoms with Gasteiger partial charge < -0.3 is 0 Å². The van der Waals surface area contributed by atoms with Gasteiger partial charge in [-0.15, -0.1) is 0 Å². The number of carbonyl (C=O) groups excluding carboxylic acids is 1. The topological polar surface area (TPSA) is 17.1 Å². The number of carbonyl (C=O) groups is 1. The van der Waals surface area contributed by atoms with Crippen LogP contribution < -0.4 is 0 Å². The quantitative estimate of drug-likeness (QED) is 0.670. The summed E-state index contributed by atoms with van der Waals surface area (Å²) in [5.74, 6) is 3.29. The molecule has 0 spiro atoms. The van der Waals surface area contributed by atoms with Crippen LogP contribution in [0.25, 0.3) is 0 Å². The van der Waals surface area contributed by atoms with Gasteiger partial charge in [0, 0.05) is 12.3 Å². The van der Waals surface area contributed by atoms with Crippen LogP contribution in [0.3, 0.4) is 0 Å². The highest BCUT2D eigenvalue weighted by Crippen LogP contribution is 2.70. The third kappa shape index (κ3) is 1.48. The molecule has 1 nitrogen and oxygen atoms in total. The molecule has 0 aromatic rings. The van der Waals surface area contributed by atoms with E-state index in [0.717, 1.165) is 24.7 Å². The average Bonchev–Trinajstić information content (AvgIpc) is 2.64. The Morgan fingerprint density at radius 3 is 2.39 bits per heavy atom. The number of hydrogen-bond donors (Lipinski definition) is 0. The molecule has 3 saturated carbocycles. The van der Waals surface area contributed by atoms with Gasteiger partial charge in [-0.3, -0.25) is 4.79 Å². The maximum atomic E-state index is 12.4. The molecule has 0 aliphatic heterocycles. The molecule has 0 aromatic heterocycles. The fourth-order valence-corrected chi connectivity index (χ4v) is 5.52. The highest BCUT2D eigenvalue weighted by molar-refractivity contribution is 5.82. The van der Waals surface area contributed by atoms with Crippen LogP contribution in [0.1, 0.15) is 66.2 Å². The van der Waals surface area contributed by atoms with Gasteiger partial charge in [-0.05, 0) is 60.7 Å². The molecule has 3 rings (SSSR count). The Kier molecular flexibility index (Phi) is 2.70. The SMILES string of the molecule is CC1CCC(=O)C([C@H]2C[C@@H]3CC[C@@]2(C)C3(C)C)C1. The Morgan fingerprint density at radius 1 is 1.11 bits per heavy atom. The van der Waals surface area contributed by atoms with E-state index < -0.39 is 0 Å². The second-order valence-corrected chi connectivity index (χ2v) is 8.17. The second-order valence-electron chi connectivity index (χ2n) is 8.17. The predicted octanol–water partition coefficient (Wildman–Crippen LogP) is 4.45. The molecule has 1 heteroatoms. The Morgan fingerprint density at radius 2 is 1.83 bits per heavy atom. The van der Waals surface area contributed by atoms with E-state index in [2.05, 4.69) is 27.7 Å². The van der Waals surface area contributed by atoms with Gasteiger partial charge in [0.15, 0.2) is 0 Å². The van der Waals surface area contributed by atoms with Crippen LogP contribution in [-0.4, -0.2) is 5.78 Å². The van der Waals surface area contributed by atoms with Gasteiger partial charge in [-0.1, -0.05) is 27.7 Å².